The molecule has 2 aromatic carbocycles. The molecule has 4 heteroatoms. The van der Waals surface area contributed by atoms with E-state index in [1.807, 2.05) is 49.5 Å². The maximum Gasteiger partial charge on any atom is 0.229 e. The summed E-state index contributed by atoms with van der Waals surface area (Å²) in [7, 11) is 0. The van der Waals surface area contributed by atoms with Gasteiger partial charge in [0.1, 0.15) is 5.82 Å². The van der Waals surface area contributed by atoms with Gasteiger partial charge in [-0.15, -0.1) is 0 Å². The van der Waals surface area contributed by atoms with Crippen LogP contribution in [-0.2, 0) is 17.6 Å². The molecule has 0 bridgehead atoms. The average molecular weight is 357 g/mol. The van der Waals surface area contributed by atoms with E-state index >= 15 is 0 Å². The summed E-state index contributed by atoms with van der Waals surface area (Å²) >= 11 is 0. The van der Waals surface area contributed by atoms with Gasteiger partial charge in [-0.05, 0) is 54.7 Å². The number of anilines is 3. The van der Waals surface area contributed by atoms with E-state index in [1.165, 1.54) is 11.3 Å². The fraction of sp³-hybridized carbons (Fsp3) is 0.217. The molecule has 0 saturated carbocycles. The maximum atomic E-state index is 12.3. The Kier molecular flexibility index (Phi) is 4.88. The molecular weight excluding hydrogens is 334 g/mol. The lowest BCUT2D eigenvalue weighted by Crippen LogP contribution is -2.24. The van der Waals surface area contributed by atoms with Crippen molar-refractivity contribution < 1.29 is 4.79 Å². The maximum absolute atomic E-state index is 12.3. The van der Waals surface area contributed by atoms with Crippen molar-refractivity contribution in [3.63, 3.8) is 0 Å². The number of nitrogens with zero attached hydrogens (tertiary/aromatic N) is 2. The second-order valence-corrected chi connectivity index (χ2v) is 6.94. The zero-order valence-electron chi connectivity index (χ0n) is 15.5. The molecule has 0 atom stereocenters. The van der Waals surface area contributed by atoms with Gasteiger partial charge >= 0.3 is 0 Å². The zero-order valence-corrected chi connectivity index (χ0v) is 15.5. The number of hydrogen-bond donors (Lipinski definition) is 1. The first kappa shape index (κ1) is 17.3. The van der Waals surface area contributed by atoms with E-state index in [-0.39, 0.29) is 5.91 Å². The van der Waals surface area contributed by atoms with Crippen LogP contribution < -0.4 is 10.2 Å². The van der Waals surface area contributed by atoms with E-state index in [0.717, 1.165) is 36.2 Å². The summed E-state index contributed by atoms with van der Waals surface area (Å²) in [4.78, 5) is 19.1. The third kappa shape index (κ3) is 3.85. The summed E-state index contributed by atoms with van der Waals surface area (Å²) in [5, 5.41) is 2.90. The highest BCUT2D eigenvalue weighted by molar-refractivity contribution is 5.91. The van der Waals surface area contributed by atoms with Crippen LogP contribution in [-0.4, -0.2) is 17.4 Å². The lowest BCUT2D eigenvalue weighted by molar-refractivity contribution is -0.115. The van der Waals surface area contributed by atoms with Crippen molar-refractivity contribution in [2.24, 2.45) is 0 Å². The molecule has 0 spiro atoms. The third-order valence-corrected chi connectivity index (χ3v) is 5.05. The molecule has 136 valence electrons. The highest BCUT2D eigenvalue weighted by atomic mass is 16.1. The van der Waals surface area contributed by atoms with Gasteiger partial charge in [0.25, 0.3) is 0 Å². The summed E-state index contributed by atoms with van der Waals surface area (Å²) in [6.45, 7) is 3.00. The van der Waals surface area contributed by atoms with Crippen LogP contribution in [0.3, 0.4) is 0 Å². The quantitative estimate of drug-likeness (QED) is 0.739. The average Bonchev–Trinajstić information content (AvgIpc) is 2.70. The van der Waals surface area contributed by atoms with Crippen molar-refractivity contribution in [1.29, 1.82) is 0 Å². The number of para-hydroxylation sites is 1. The molecule has 0 saturated heterocycles. The molecule has 0 aliphatic carbocycles. The van der Waals surface area contributed by atoms with Crippen LogP contribution in [0.2, 0.25) is 0 Å². The lowest BCUT2D eigenvalue weighted by atomic mass is 10.0. The van der Waals surface area contributed by atoms with Gasteiger partial charge in [0.15, 0.2) is 0 Å². The van der Waals surface area contributed by atoms with Crippen molar-refractivity contribution in [3.05, 3.63) is 83.6 Å². The Morgan fingerprint density at radius 3 is 2.70 bits per heavy atom. The number of amides is 1. The minimum absolute atomic E-state index is 0.0483. The number of rotatable bonds is 4. The molecule has 3 aromatic rings. The fourth-order valence-corrected chi connectivity index (χ4v) is 3.59. The van der Waals surface area contributed by atoms with Gasteiger partial charge in [-0.1, -0.05) is 42.5 Å². The van der Waals surface area contributed by atoms with Gasteiger partial charge in [0, 0.05) is 12.2 Å². The first-order valence-corrected chi connectivity index (χ1v) is 9.36. The largest absolute Gasteiger partial charge is 0.340 e. The van der Waals surface area contributed by atoms with Crippen molar-refractivity contribution in [2.75, 3.05) is 16.8 Å². The predicted molar refractivity (Wildman–Crippen MR) is 110 cm³/mol. The number of benzene rings is 2. The van der Waals surface area contributed by atoms with Crippen molar-refractivity contribution in [2.45, 2.75) is 26.2 Å². The van der Waals surface area contributed by atoms with E-state index in [1.54, 1.807) is 0 Å². The molecule has 0 unspecified atom stereocenters. The molecule has 1 aromatic heterocycles. The SMILES string of the molecule is Cc1ccccc1CC(=O)Nc1ccc(N2CCCc3ccccc32)cn1. The van der Waals surface area contributed by atoms with E-state index in [9.17, 15) is 4.79 Å². The number of fused-ring (bicyclic) bond motifs is 1. The lowest BCUT2D eigenvalue weighted by Gasteiger charge is -2.31. The number of carbonyl (C=O) groups is 1. The summed E-state index contributed by atoms with van der Waals surface area (Å²) in [6, 6.07) is 20.4. The molecule has 1 aliphatic rings. The van der Waals surface area contributed by atoms with Crippen molar-refractivity contribution >= 4 is 23.1 Å². The summed E-state index contributed by atoms with van der Waals surface area (Å²) < 4.78 is 0. The Morgan fingerprint density at radius 2 is 1.89 bits per heavy atom. The molecule has 0 radical (unpaired) electrons. The predicted octanol–water partition coefficient (Wildman–Crippen LogP) is 4.66. The van der Waals surface area contributed by atoms with Gasteiger partial charge < -0.3 is 10.2 Å². The standard InChI is InChI=1S/C23H23N3O/c1-17-7-2-3-9-19(17)15-23(27)25-22-13-12-20(16-24-22)26-14-6-10-18-8-4-5-11-21(18)26/h2-5,7-9,11-13,16H,6,10,14-15H2,1H3,(H,24,25,27). The number of carbonyl (C=O) groups excluding carboxylic acids is 1. The number of nitrogens with one attached hydrogen (secondary N) is 1. The summed E-state index contributed by atoms with van der Waals surface area (Å²) in [5.74, 6) is 0.537. The van der Waals surface area contributed by atoms with Crippen molar-refractivity contribution in [3.8, 4) is 0 Å². The van der Waals surface area contributed by atoms with E-state index < -0.39 is 0 Å². The van der Waals surface area contributed by atoms with Crippen LogP contribution in [0, 0.1) is 6.92 Å². The van der Waals surface area contributed by atoms with Crippen LogP contribution in [0.4, 0.5) is 17.2 Å². The first-order chi connectivity index (χ1) is 13.2. The third-order valence-electron chi connectivity index (χ3n) is 5.05. The molecule has 4 rings (SSSR count). The molecule has 27 heavy (non-hydrogen) atoms. The number of pyridine rings is 1. The molecule has 1 N–H and O–H groups in total. The van der Waals surface area contributed by atoms with Gasteiger partial charge in [0.05, 0.1) is 18.3 Å². The molecule has 0 fully saturated rings. The Morgan fingerprint density at radius 1 is 1.07 bits per heavy atom. The van der Waals surface area contributed by atoms with Crippen LogP contribution >= 0.6 is 0 Å². The highest BCUT2D eigenvalue weighted by Gasteiger charge is 2.18. The van der Waals surface area contributed by atoms with Crippen molar-refractivity contribution in [1.82, 2.24) is 4.98 Å². The van der Waals surface area contributed by atoms with E-state index in [2.05, 4.69) is 39.5 Å². The minimum Gasteiger partial charge on any atom is -0.340 e. The number of aryl methyl sites for hydroxylation is 2. The fourth-order valence-electron chi connectivity index (χ4n) is 3.59. The van der Waals surface area contributed by atoms with E-state index in [4.69, 9.17) is 0 Å². The Hall–Kier alpha value is -3.14. The molecular formula is C23H23N3O. The topological polar surface area (TPSA) is 45.2 Å². The van der Waals surface area contributed by atoms with Gasteiger partial charge in [0.2, 0.25) is 5.91 Å². The summed E-state index contributed by atoms with van der Waals surface area (Å²) in [5.41, 5.74) is 5.84. The van der Waals surface area contributed by atoms with Crippen LogP contribution in [0.25, 0.3) is 0 Å². The van der Waals surface area contributed by atoms with Gasteiger partial charge in [-0.2, -0.15) is 0 Å². The second-order valence-electron chi connectivity index (χ2n) is 6.94. The van der Waals surface area contributed by atoms with Gasteiger partial charge in [-0.3, -0.25) is 4.79 Å². The minimum atomic E-state index is -0.0483. The first-order valence-electron chi connectivity index (χ1n) is 9.36. The van der Waals surface area contributed by atoms with Gasteiger partial charge in [-0.25, -0.2) is 4.98 Å². The van der Waals surface area contributed by atoms with Crippen LogP contribution in [0.5, 0.6) is 0 Å². The summed E-state index contributed by atoms with van der Waals surface area (Å²) in [6.07, 6.45) is 4.44. The van der Waals surface area contributed by atoms with E-state index in [0.29, 0.717) is 12.2 Å². The Labute approximate surface area is 159 Å². The monoisotopic (exact) mass is 357 g/mol. The zero-order chi connectivity index (χ0) is 18.6. The Balaban J connectivity index is 1.45. The molecule has 4 nitrogen and oxygen atoms in total. The molecule has 1 amide bonds. The Bertz CT molecular complexity index is 950. The normalized spacial score (nSPS) is 13.1. The molecule has 1 aliphatic heterocycles. The smallest absolute Gasteiger partial charge is 0.229 e. The van der Waals surface area contributed by atoms with Crippen LogP contribution in [0.15, 0.2) is 66.9 Å². The number of hydrogen-bond acceptors (Lipinski definition) is 3. The highest BCUT2D eigenvalue weighted by Crippen LogP contribution is 2.33. The second kappa shape index (κ2) is 7.62. The molecule has 2 heterocycles. The number of aromatic nitrogens is 1. The van der Waals surface area contributed by atoms with Crippen LogP contribution in [0.1, 0.15) is 23.1 Å².